The van der Waals surface area contributed by atoms with Gasteiger partial charge < -0.3 is 9.47 Å². The molecule has 0 heterocycles. The van der Waals surface area contributed by atoms with Crippen LogP contribution in [0.4, 0.5) is 13.2 Å². The van der Waals surface area contributed by atoms with E-state index in [1.54, 1.807) is 12.1 Å². The van der Waals surface area contributed by atoms with Gasteiger partial charge >= 0.3 is 18.1 Å². The molecule has 0 spiro atoms. The maximum absolute atomic E-state index is 12.2. The van der Waals surface area contributed by atoms with Crippen molar-refractivity contribution in [3.8, 4) is 5.75 Å². The van der Waals surface area contributed by atoms with E-state index in [-0.39, 0.29) is 12.2 Å². The van der Waals surface area contributed by atoms with Crippen LogP contribution in [0.5, 0.6) is 5.75 Å². The molecule has 0 radical (unpaired) electrons. The SMILES string of the molecule is CC(OC(=O)CCC(=O)Oc1ccc(Br)cc1)C(F)(F)F. The Hall–Kier alpha value is -1.57. The summed E-state index contributed by atoms with van der Waals surface area (Å²) in [6, 6.07) is 6.38. The highest BCUT2D eigenvalue weighted by Gasteiger charge is 2.39. The molecule has 0 N–H and O–H groups in total. The van der Waals surface area contributed by atoms with Crippen LogP contribution in [0, 0.1) is 0 Å². The Bertz CT molecular complexity index is 499. The number of hydrogen-bond acceptors (Lipinski definition) is 4. The zero-order chi connectivity index (χ0) is 16.0. The van der Waals surface area contributed by atoms with E-state index in [4.69, 9.17) is 4.74 Å². The minimum atomic E-state index is -4.62. The van der Waals surface area contributed by atoms with Crippen molar-refractivity contribution >= 4 is 27.9 Å². The van der Waals surface area contributed by atoms with Crippen molar-refractivity contribution < 1.29 is 32.2 Å². The van der Waals surface area contributed by atoms with Crippen LogP contribution in [0.1, 0.15) is 19.8 Å². The fourth-order valence-corrected chi connectivity index (χ4v) is 1.48. The highest BCUT2D eigenvalue weighted by Crippen LogP contribution is 2.23. The summed E-state index contributed by atoms with van der Waals surface area (Å²) in [7, 11) is 0. The third-order valence-corrected chi connectivity index (χ3v) is 2.88. The molecule has 0 amide bonds. The summed E-state index contributed by atoms with van der Waals surface area (Å²) in [6.45, 7) is 0.720. The van der Waals surface area contributed by atoms with Crippen LogP contribution in [-0.2, 0) is 14.3 Å². The fraction of sp³-hybridized carbons (Fsp3) is 0.385. The van der Waals surface area contributed by atoms with Crippen molar-refractivity contribution in [3.05, 3.63) is 28.7 Å². The molecule has 0 aromatic heterocycles. The van der Waals surface area contributed by atoms with Crippen molar-refractivity contribution in [2.45, 2.75) is 32.0 Å². The first-order valence-electron chi connectivity index (χ1n) is 5.91. The Balaban J connectivity index is 2.36. The molecule has 1 rings (SSSR count). The predicted octanol–water partition coefficient (Wildman–Crippen LogP) is 3.63. The monoisotopic (exact) mass is 368 g/mol. The first-order valence-corrected chi connectivity index (χ1v) is 6.70. The van der Waals surface area contributed by atoms with E-state index in [1.165, 1.54) is 12.1 Å². The van der Waals surface area contributed by atoms with Crippen LogP contribution in [0.3, 0.4) is 0 Å². The average molecular weight is 369 g/mol. The van der Waals surface area contributed by atoms with Gasteiger partial charge in [0.1, 0.15) is 5.75 Å². The van der Waals surface area contributed by atoms with E-state index in [0.717, 1.165) is 11.4 Å². The summed E-state index contributed by atoms with van der Waals surface area (Å²) in [5.74, 6) is -1.55. The van der Waals surface area contributed by atoms with Gasteiger partial charge in [0.05, 0.1) is 12.8 Å². The standard InChI is InChI=1S/C13H12BrF3O4/c1-8(13(15,16)17)20-11(18)6-7-12(19)21-10-4-2-9(14)3-5-10/h2-5,8H,6-7H2,1H3. The lowest BCUT2D eigenvalue weighted by Crippen LogP contribution is -2.31. The maximum Gasteiger partial charge on any atom is 0.425 e. The van der Waals surface area contributed by atoms with Crippen LogP contribution in [-0.4, -0.2) is 24.2 Å². The summed E-state index contributed by atoms with van der Waals surface area (Å²) in [6.07, 6.45) is -7.66. The second-order valence-corrected chi connectivity index (χ2v) is 5.02. The molecule has 116 valence electrons. The molecule has 0 bridgehead atoms. The largest absolute Gasteiger partial charge is 0.453 e. The Labute approximate surface area is 127 Å². The number of ether oxygens (including phenoxy) is 2. The van der Waals surface area contributed by atoms with Gasteiger partial charge in [-0.3, -0.25) is 9.59 Å². The Morgan fingerprint density at radius 3 is 2.19 bits per heavy atom. The minimum absolute atomic E-state index is 0.278. The Morgan fingerprint density at radius 1 is 1.14 bits per heavy atom. The lowest BCUT2D eigenvalue weighted by molar-refractivity contribution is -0.216. The molecule has 1 aromatic carbocycles. The molecule has 1 atom stereocenters. The van der Waals surface area contributed by atoms with Crippen LogP contribution in [0.25, 0.3) is 0 Å². The minimum Gasteiger partial charge on any atom is -0.453 e. The third kappa shape index (κ3) is 6.61. The van der Waals surface area contributed by atoms with Crippen molar-refractivity contribution in [1.29, 1.82) is 0 Å². The molecule has 0 fully saturated rings. The fourth-order valence-electron chi connectivity index (χ4n) is 1.21. The van der Waals surface area contributed by atoms with E-state index in [1.807, 2.05) is 0 Å². The van der Waals surface area contributed by atoms with Crippen molar-refractivity contribution in [2.24, 2.45) is 0 Å². The van der Waals surface area contributed by atoms with Crippen molar-refractivity contribution in [3.63, 3.8) is 0 Å². The molecule has 0 saturated carbocycles. The van der Waals surface area contributed by atoms with Gasteiger partial charge in [-0.25, -0.2) is 0 Å². The summed E-state index contributed by atoms with van der Waals surface area (Å²) >= 11 is 3.21. The van der Waals surface area contributed by atoms with E-state index in [0.29, 0.717) is 0 Å². The van der Waals surface area contributed by atoms with E-state index < -0.39 is 30.6 Å². The predicted molar refractivity (Wildman–Crippen MR) is 70.6 cm³/mol. The summed E-state index contributed by atoms with van der Waals surface area (Å²) in [5, 5.41) is 0. The number of carbonyl (C=O) groups excluding carboxylic acids is 2. The van der Waals surface area contributed by atoms with Crippen molar-refractivity contribution in [2.75, 3.05) is 0 Å². The zero-order valence-electron chi connectivity index (χ0n) is 10.9. The second-order valence-electron chi connectivity index (χ2n) is 4.10. The highest BCUT2D eigenvalue weighted by molar-refractivity contribution is 9.10. The maximum atomic E-state index is 12.2. The molecule has 1 aromatic rings. The van der Waals surface area contributed by atoms with Crippen LogP contribution in [0.15, 0.2) is 28.7 Å². The molecule has 1 unspecified atom stereocenters. The van der Waals surface area contributed by atoms with Gasteiger partial charge in [-0.1, -0.05) is 15.9 Å². The molecule has 0 aliphatic carbocycles. The highest BCUT2D eigenvalue weighted by atomic mass is 79.9. The molecule has 21 heavy (non-hydrogen) atoms. The third-order valence-electron chi connectivity index (χ3n) is 2.35. The second kappa shape index (κ2) is 7.44. The number of hydrogen-bond donors (Lipinski definition) is 0. The first kappa shape index (κ1) is 17.5. The first-order chi connectivity index (χ1) is 9.68. The van der Waals surface area contributed by atoms with Gasteiger partial charge in [-0.2, -0.15) is 13.2 Å². The number of rotatable bonds is 5. The van der Waals surface area contributed by atoms with Crippen LogP contribution in [0.2, 0.25) is 0 Å². The molecule has 8 heteroatoms. The number of carbonyl (C=O) groups is 2. The number of halogens is 4. The molecule has 4 nitrogen and oxygen atoms in total. The smallest absolute Gasteiger partial charge is 0.425 e. The molecule has 0 aliphatic heterocycles. The summed E-state index contributed by atoms with van der Waals surface area (Å²) in [4.78, 5) is 22.6. The van der Waals surface area contributed by atoms with Gasteiger partial charge in [0, 0.05) is 4.47 Å². The molecule has 0 aliphatic rings. The number of esters is 2. The van der Waals surface area contributed by atoms with E-state index in [2.05, 4.69) is 20.7 Å². The lowest BCUT2D eigenvalue weighted by Gasteiger charge is -2.16. The van der Waals surface area contributed by atoms with Gasteiger partial charge in [-0.15, -0.1) is 0 Å². The Kier molecular flexibility index (Phi) is 6.19. The van der Waals surface area contributed by atoms with Crippen molar-refractivity contribution in [1.82, 2.24) is 0 Å². The van der Waals surface area contributed by atoms with Gasteiger partial charge in [0.2, 0.25) is 0 Å². The van der Waals surface area contributed by atoms with Gasteiger partial charge in [0.15, 0.2) is 6.10 Å². The van der Waals surface area contributed by atoms with E-state index in [9.17, 15) is 22.8 Å². The quantitative estimate of drug-likeness (QED) is 0.588. The number of benzene rings is 1. The zero-order valence-corrected chi connectivity index (χ0v) is 12.5. The number of alkyl halides is 3. The van der Waals surface area contributed by atoms with Crippen LogP contribution >= 0.6 is 15.9 Å². The van der Waals surface area contributed by atoms with Crippen LogP contribution < -0.4 is 4.74 Å². The molecular weight excluding hydrogens is 357 g/mol. The lowest BCUT2D eigenvalue weighted by atomic mass is 10.3. The Morgan fingerprint density at radius 2 is 1.67 bits per heavy atom. The molecule has 0 saturated heterocycles. The van der Waals surface area contributed by atoms with E-state index >= 15 is 0 Å². The average Bonchev–Trinajstić information content (AvgIpc) is 2.38. The van der Waals surface area contributed by atoms with Gasteiger partial charge in [0.25, 0.3) is 0 Å². The van der Waals surface area contributed by atoms with Gasteiger partial charge in [-0.05, 0) is 31.2 Å². The normalized spacial score (nSPS) is 12.6. The topological polar surface area (TPSA) is 52.6 Å². The molecular formula is C13H12BrF3O4. The summed E-state index contributed by atoms with van der Waals surface area (Å²) in [5.41, 5.74) is 0. The summed E-state index contributed by atoms with van der Waals surface area (Å²) < 4.78 is 46.3.